The molecule has 158 valence electrons. The van der Waals surface area contributed by atoms with Gasteiger partial charge in [0.15, 0.2) is 0 Å². The molecule has 0 amide bonds. The van der Waals surface area contributed by atoms with Gasteiger partial charge in [-0.1, -0.05) is 66.3 Å². The molecule has 0 radical (unpaired) electrons. The summed E-state index contributed by atoms with van der Waals surface area (Å²) in [6.45, 7) is 0. The number of hydrogen-bond donors (Lipinski definition) is 0. The first-order valence-corrected chi connectivity index (χ1v) is 12.2. The molecule has 0 spiro atoms. The Balaban J connectivity index is 0.000000158. The first-order valence-electron chi connectivity index (χ1n) is 10.9. The van der Waals surface area contributed by atoms with Gasteiger partial charge in [-0.25, -0.2) is 0 Å². The van der Waals surface area contributed by atoms with Gasteiger partial charge < -0.3 is 12.4 Å². The van der Waals surface area contributed by atoms with Crippen LogP contribution in [0.15, 0.2) is 133 Å². The number of allylic oxidation sites excluding steroid dienone is 4. The summed E-state index contributed by atoms with van der Waals surface area (Å²) in [4.78, 5) is 0. The van der Waals surface area contributed by atoms with E-state index in [-0.39, 0.29) is 12.4 Å². The Labute approximate surface area is 216 Å². The van der Waals surface area contributed by atoms with Crippen molar-refractivity contribution in [2.75, 3.05) is 0 Å². The maximum absolute atomic E-state index is 2.32. The van der Waals surface area contributed by atoms with Crippen LogP contribution in [0.1, 0.15) is 22.6 Å². The normalized spacial score (nSPS) is 12.4. The summed E-state index contributed by atoms with van der Waals surface area (Å²) in [5.41, 5.74) is 4.07. The van der Waals surface area contributed by atoms with Crippen molar-refractivity contribution < 1.29 is 36.6 Å². The molecule has 0 heterocycles. The Bertz CT molecular complexity index is 1370. The van der Waals surface area contributed by atoms with Gasteiger partial charge in [-0.05, 0) is 5.92 Å². The quantitative estimate of drug-likeness (QED) is 0.301. The Morgan fingerprint density at radius 2 is 1.15 bits per heavy atom. The summed E-state index contributed by atoms with van der Waals surface area (Å²) in [5, 5.41) is 5.46. The molecule has 0 atom stereocenters. The van der Waals surface area contributed by atoms with Crippen LogP contribution >= 0.6 is 0 Å². The molecule has 0 saturated carbocycles. The second-order valence-corrected chi connectivity index (χ2v) is 9.17. The van der Waals surface area contributed by atoms with Gasteiger partial charge in [0.25, 0.3) is 0 Å². The van der Waals surface area contributed by atoms with E-state index in [0.717, 1.165) is 0 Å². The summed E-state index contributed by atoms with van der Waals surface area (Å²) in [5.74, 6) is 0.436. The molecule has 2 heteroatoms. The van der Waals surface area contributed by atoms with Gasteiger partial charge in [0.05, 0.1) is 0 Å². The zero-order valence-electron chi connectivity index (χ0n) is 18.2. The third-order valence-corrected chi connectivity index (χ3v) is 7.34. The molecule has 0 unspecified atom stereocenters. The topological polar surface area (TPSA) is 0 Å². The predicted molar refractivity (Wildman–Crippen MR) is 134 cm³/mol. The van der Waals surface area contributed by atoms with Gasteiger partial charge in [0, 0.05) is 0 Å². The molecule has 0 aromatic heterocycles. The minimum atomic E-state index is 0. The van der Waals surface area contributed by atoms with Crippen LogP contribution in [0.5, 0.6) is 0 Å². The molecule has 0 saturated heterocycles. The Hall–Kier alpha value is -2.73. The van der Waals surface area contributed by atoms with E-state index in [4.69, 9.17) is 0 Å². The van der Waals surface area contributed by atoms with Crippen molar-refractivity contribution in [3.05, 3.63) is 150 Å². The minimum absolute atomic E-state index is 0. The van der Waals surface area contributed by atoms with Crippen LogP contribution in [0.3, 0.4) is 0 Å². The number of hydrogen-bond acceptors (Lipinski definition) is 0. The number of fused-ring (bicyclic) bond motifs is 3. The third-order valence-electron chi connectivity index (χ3n) is 5.92. The summed E-state index contributed by atoms with van der Waals surface area (Å²) >= 11 is 1.46. The fourth-order valence-corrected chi connectivity index (χ4v) is 5.13. The van der Waals surface area contributed by atoms with Gasteiger partial charge in [0.2, 0.25) is 0 Å². The molecule has 0 N–H and O–H groups in total. The average Bonchev–Trinajstić information content (AvgIpc) is 3.53. The molecule has 6 rings (SSSR count). The fraction of sp³-hybridized carbons (Fsp3) is 0.0323. The molecule has 0 fully saturated rings. The molecule has 0 aliphatic heterocycles. The van der Waals surface area contributed by atoms with E-state index < -0.39 is 0 Å². The SMILES string of the molecule is C1=CC(c2cccc3c2[cH-]c2ccccc23)C=C1.[Cl-].[Zr+2]=[C](c1ccccc1)c1ccccc1. The van der Waals surface area contributed by atoms with Gasteiger partial charge in [-0.2, -0.15) is 0 Å². The van der Waals surface area contributed by atoms with Crippen molar-refractivity contribution in [2.45, 2.75) is 5.92 Å². The Morgan fingerprint density at radius 1 is 0.606 bits per heavy atom. The molecule has 0 bridgehead atoms. The van der Waals surface area contributed by atoms with Gasteiger partial charge in [-0.15, -0.1) is 33.7 Å². The first kappa shape index (κ1) is 23.4. The van der Waals surface area contributed by atoms with E-state index in [1.165, 1.54) is 65.7 Å². The van der Waals surface area contributed by atoms with Gasteiger partial charge in [0.1, 0.15) is 0 Å². The van der Waals surface area contributed by atoms with Crippen molar-refractivity contribution >= 4 is 24.8 Å². The number of halogens is 1. The van der Waals surface area contributed by atoms with E-state index in [1.54, 1.807) is 0 Å². The first-order chi connectivity index (χ1) is 15.8. The van der Waals surface area contributed by atoms with Crippen LogP contribution in [0.4, 0.5) is 0 Å². The summed E-state index contributed by atoms with van der Waals surface area (Å²) in [6.07, 6.45) is 8.77. The summed E-state index contributed by atoms with van der Waals surface area (Å²) in [6, 6.07) is 38.7. The van der Waals surface area contributed by atoms with Crippen LogP contribution in [-0.4, -0.2) is 3.21 Å². The van der Waals surface area contributed by atoms with Gasteiger partial charge >= 0.3 is 99.2 Å². The average molecular weight is 522 g/mol. The van der Waals surface area contributed by atoms with E-state index in [1.807, 2.05) is 0 Å². The van der Waals surface area contributed by atoms with Crippen LogP contribution in [0.25, 0.3) is 21.5 Å². The van der Waals surface area contributed by atoms with Crippen molar-refractivity contribution in [3.8, 4) is 0 Å². The standard InChI is InChI=1S/C18H13.C13H10.ClH.Zr/c1-2-7-13(6-1)15-10-5-11-17-16-9-4-3-8-14(16)12-18(15)17;1-3-7-12(8-4-1)11-13-9-5-2-6-10-13;;/h1-13H;1-10H;1H;/q-1;;;+2/p-1. The monoisotopic (exact) mass is 520 g/mol. The van der Waals surface area contributed by atoms with E-state index in [0.29, 0.717) is 5.92 Å². The van der Waals surface area contributed by atoms with Crippen LogP contribution < -0.4 is 12.4 Å². The van der Waals surface area contributed by atoms with E-state index >= 15 is 0 Å². The van der Waals surface area contributed by atoms with Crippen LogP contribution in [-0.2, 0) is 24.2 Å². The van der Waals surface area contributed by atoms with Crippen LogP contribution in [0, 0.1) is 0 Å². The second-order valence-electron chi connectivity index (χ2n) is 7.94. The fourth-order valence-electron chi connectivity index (χ4n) is 4.31. The molecule has 5 aromatic rings. The number of rotatable bonds is 3. The van der Waals surface area contributed by atoms with Crippen molar-refractivity contribution in [3.63, 3.8) is 0 Å². The summed E-state index contributed by atoms with van der Waals surface area (Å²) < 4.78 is 1.42. The summed E-state index contributed by atoms with van der Waals surface area (Å²) in [7, 11) is 0. The van der Waals surface area contributed by atoms with Gasteiger partial charge in [-0.3, -0.25) is 0 Å². The predicted octanol–water partition coefficient (Wildman–Crippen LogP) is 4.73. The molecular formula is C31H23ClZr. The molecule has 1 aliphatic rings. The second kappa shape index (κ2) is 10.9. The molecule has 1 aliphatic carbocycles. The number of benzene rings is 4. The molecule has 33 heavy (non-hydrogen) atoms. The van der Waals surface area contributed by atoms with Crippen LogP contribution in [0.2, 0.25) is 0 Å². The molecular weight excluding hydrogens is 499 g/mol. The van der Waals surface area contributed by atoms with E-state index in [2.05, 4.69) is 133 Å². The zero-order valence-corrected chi connectivity index (χ0v) is 21.4. The van der Waals surface area contributed by atoms with Crippen molar-refractivity contribution in [1.29, 1.82) is 0 Å². The molecule has 5 aromatic carbocycles. The zero-order chi connectivity index (χ0) is 21.8. The van der Waals surface area contributed by atoms with E-state index in [9.17, 15) is 0 Å². The van der Waals surface area contributed by atoms with Crippen molar-refractivity contribution in [2.24, 2.45) is 0 Å². The van der Waals surface area contributed by atoms with Crippen molar-refractivity contribution in [1.82, 2.24) is 0 Å². The molecule has 0 nitrogen and oxygen atoms in total. The Morgan fingerprint density at radius 3 is 1.79 bits per heavy atom. The Kier molecular flexibility index (Phi) is 7.76. The third kappa shape index (κ3) is 5.11. The maximum atomic E-state index is 2.32.